The number of ether oxygens (including phenoxy) is 6. The molecular weight excluding hydrogens is 567 g/mol. The molecule has 0 aromatic heterocycles. The van der Waals surface area contributed by atoms with Crippen molar-refractivity contribution in [1.29, 1.82) is 0 Å². The Morgan fingerprint density at radius 2 is 0.775 bits per heavy atom. The van der Waals surface area contributed by atoms with E-state index in [0.717, 1.165) is 15.9 Å². The van der Waals surface area contributed by atoms with Gasteiger partial charge in [-0.05, 0) is 43.3 Å². The van der Waals surface area contributed by atoms with Crippen LogP contribution in [0.5, 0.6) is 34.5 Å². The minimum absolute atomic E-state index is 0.317. The van der Waals surface area contributed by atoms with E-state index in [1.54, 1.807) is 49.6 Å². The van der Waals surface area contributed by atoms with Crippen LogP contribution in [0.15, 0.2) is 54.6 Å². The van der Waals surface area contributed by atoms with Crippen LogP contribution in [0.25, 0.3) is 0 Å². The Balaban J connectivity index is 0.00000103. The van der Waals surface area contributed by atoms with Gasteiger partial charge in [-0.3, -0.25) is 0 Å². The summed E-state index contributed by atoms with van der Waals surface area (Å²) in [5.74, 6) is 3.66. The summed E-state index contributed by atoms with van der Waals surface area (Å²) in [6.45, 7) is 1.76. The lowest BCUT2D eigenvalue weighted by Gasteiger charge is -2.33. The number of benzene rings is 3. The average molecular weight is 601 g/mol. The van der Waals surface area contributed by atoms with Crippen molar-refractivity contribution in [3.8, 4) is 34.5 Å². The lowest BCUT2D eigenvalue weighted by molar-refractivity contribution is -2.00. The maximum Gasteiger partial charge on any atom is 0.188 e. The molecule has 11 nitrogen and oxygen atoms in total. The fourth-order valence-corrected chi connectivity index (χ4v) is 9.89. The van der Waals surface area contributed by atoms with E-state index in [0.29, 0.717) is 40.7 Å². The number of methoxy groups -OCH3 is 6. The Bertz CT molecular complexity index is 1040. The second kappa shape index (κ2) is 14.6. The summed E-state index contributed by atoms with van der Waals surface area (Å²) in [5, 5.41) is 13.4. The second-order valence-electron chi connectivity index (χ2n) is 8.25. The van der Waals surface area contributed by atoms with Gasteiger partial charge in [-0.15, -0.1) is 10.2 Å². The number of hydrogen-bond acceptors (Lipinski definition) is 11. The third-order valence-corrected chi connectivity index (χ3v) is 10.6. The van der Waals surface area contributed by atoms with Crippen molar-refractivity contribution in [3.05, 3.63) is 54.6 Å². The molecular formula is C27H34ClO11P. The normalized spacial score (nSPS) is 12.0. The summed E-state index contributed by atoms with van der Waals surface area (Å²) in [7, 11) is 1.84. The van der Waals surface area contributed by atoms with Crippen molar-refractivity contribution < 1.29 is 62.4 Å². The van der Waals surface area contributed by atoms with Gasteiger partial charge < -0.3 is 33.5 Å². The first-order valence-corrected chi connectivity index (χ1v) is 15.0. The quantitative estimate of drug-likeness (QED) is 0.259. The molecule has 0 aliphatic carbocycles. The molecule has 0 aliphatic rings. The molecule has 1 N–H and O–H groups in total. The molecule has 0 spiro atoms. The van der Waals surface area contributed by atoms with Gasteiger partial charge >= 0.3 is 0 Å². The summed E-state index contributed by atoms with van der Waals surface area (Å²) in [6.07, 6.45) is -0.404. The van der Waals surface area contributed by atoms with Crippen LogP contribution in [0.4, 0.5) is 0 Å². The smallest absolute Gasteiger partial charge is 0.188 e. The Hall–Kier alpha value is -3.02. The molecule has 40 heavy (non-hydrogen) atoms. The van der Waals surface area contributed by atoms with E-state index in [4.69, 9.17) is 47.1 Å². The molecule has 0 heterocycles. The largest absolute Gasteiger partial charge is 0.492 e. The summed E-state index contributed by atoms with van der Waals surface area (Å²) < 4.78 is 69.5. The maximum atomic E-state index is 11.0. The SMILES string of the molecule is COc1cccc(OC)c1[P+](CC(C)O)(c1c(OC)cccc1OC)c1c(OC)cccc1OC.[O-][Cl+3]([O-])([O-])[O-]. The Morgan fingerprint density at radius 1 is 0.575 bits per heavy atom. The topological polar surface area (TPSA) is 168 Å². The van der Waals surface area contributed by atoms with Gasteiger partial charge in [-0.2, -0.15) is 0 Å². The van der Waals surface area contributed by atoms with Crippen LogP contribution < -0.4 is 63.0 Å². The van der Waals surface area contributed by atoms with Crippen LogP contribution in [0, 0.1) is 10.2 Å². The number of halogens is 1. The monoisotopic (exact) mass is 600 g/mol. The molecule has 13 heteroatoms. The van der Waals surface area contributed by atoms with Crippen LogP contribution in [-0.4, -0.2) is 60.0 Å². The number of hydrogen-bond donors (Lipinski definition) is 1. The predicted octanol–water partition coefficient (Wildman–Crippen LogP) is -1.34. The molecule has 3 rings (SSSR count). The van der Waals surface area contributed by atoms with E-state index >= 15 is 0 Å². The molecule has 220 valence electrons. The highest BCUT2D eigenvalue weighted by atomic mass is 35.7. The molecule has 0 radical (unpaired) electrons. The van der Waals surface area contributed by atoms with Crippen LogP contribution in [0.3, 0.4) is 0 Å². The Morgan fingerprint density at radius 3 is 0.925 bits per heavy atom. The van der Waals surface area contributed by atoms with Crippen LogP contribution in [-0.2, 0) is 0 Å². The first kappa shape index (κ1) is 33.2. The predicted molar refractivity (Wildman–Crippen MR) is 141 cm³/mol. The van der Waals surface area contributed by atoms with Crippen LogP contribution in [0.1, 0.15) is 6.92 Å². The molecule has 3 aromatic rings. The van der Waals surface area contributed by atoms with Crippen molar-refractivity contribution in [2.45, 2.75) is 13.0 Å². The van der Waals surface area contributed by atoms with Gasteiger partial charge in [-0.25, -0.2) is 18.6 Å². The lowest BCUT2D eigenvalue weighted by Crippen LogP contribution is -2.68. The zero-order valence-corrected chi connectivity index (χ0v) is 25.0. The van der Waals surface area contributed by atoms with E-state index in [9.17, 15) is 5.11 Å². The number of rotatable bonds is 11. The van der Waals surface area contributed by atoms with Gasteiger partial charge in [0.05, 0.1) is 48.8 Å². The van der Waals surface area contributed by atoms with Gasteiger partial charge in [0.25, 0.3) is 0 Å². The Labute approximate surface area is 236 Å². The fourth-order valence-electron chi connectivity index (χ4n) is 4.63. The number of aliphatic hydroxyl groups is 1. The van der Waals surface area contributed by atoms with E-state index in [-0.39, 0.29) is 0 Å². The van der Waals surface area contributed by atoms with Crippen molar-refractivity contribution >= 4 is 23.2 Å². The molecule has 0 saturated carbocycles. The molecule has 0 aliphatic heterocycles. The molecule has 0 amide bonds. The number of aliphatic hydroxyl groups excluding tert-OH is 1. The zero-order chi connectivity index (χ0) is 30.1. The van der Waals surface area contributed by atoms with Gasteiger partial charge in [0.1, 0.15) is 13.4 Å². The van der Waals surface area contributed by atoms with Crippen LogP contribution >= 0.6 is 7.26 Å². The highest BCUT2D eigenvalue weighted by molar-refractivity contribution is 7.96. The van der Waals surface area contributed by atoms with Crippen molar-refractivity contribution in [2.75, 3.05) is 48.8 Å². The molecule has 0 bridgehead atoms. The second-order valence-corrected chi connectivity index (χ2v) is 12.3. The van der Waals surface area contributed by atoms with Crippen molar-refractivity contribution in [3.63, 3.8) is 0 Å². The van der Waals surface area contributed by atoms with Gasteiger partial charge in [0.2, 0.25) is 0 Å². The van der Waals surface area contributed by atoms with Crippen molar-refractivity contribution in [2.24, 2.45) is 0 Å². The van der Waals surface area contributed by atoms with Gasteiger partial charge in [-0.1, -0.05) is 18.2 Å². The molecule has 1 unspecified atom stereocenters. The van der Waals surface area contributed by atoms with Gasteiger partial charge in [0.15, 0.2) is 50.4 Å². The highest BCUT2D eigenvalue weighted by Crippen LogP contribution is 2.65. The first-order valence-electron chi connectivity index (χ1n) is 11.8. The molecule has 0 fully saturated rings. The third kappa shape index (κ3) is 7.38. The molecule has 0 saturated heterocycles. The summed E-state index contributed by atoms with van der Waals surface area (Å²) in [5.41, 5.74) is 0. The molecule has 3 aromatic carbocycles. The first-order chi connectivity index (χ1) is 18.9. The van der Waals surface area contributed by atoms with Gasteiger partial charge in [0, 0.05) is 0 Å². The summed E-state index contributed by atoms with van der Waals surface area (Å²) in [6, 6.07) is 16.9. The lowest BCUT2D eigenvalue weighted by atomic mass is 10.3. The van der Waals surface area contributed by atoms with Crippen LogP contribution in [0.2, 0.25) is 0 Å². The summed E-state index contributed by atoms with van der Waals surface area (Å²) in [4.78, 5) is 0. The van der Waals surface area contributed by atoms with E-state index in [1.165, 1.54) is 0 Å². The van der Waals surface area contributed by atoms with E-state index < -0.39 is 23.6 Å². The highest BCUT2D eigenvalue weighted by Gasteiger charge is 2.57. The standard InChI is InChI=1S/C27H34O7P.ClHO4/c1-18(28)17-35(25-19(29-2)11-8-12-20(25)30-3,26-21(31-4)13-9-14-22(26)32-5)27-23(33-6)15-10-16-24(27)34-7;2-1(3,4)5/h8-16,18,28H,17H2,1-7H3;(H,2,3,4,5)/q+1;/p-1. The average Bonchev–Trinajstić information content (AvgIpc) is 2.93. The minimum Gasteiger partial charge on any atom is -0.492 e. The zero-order valence-electron chi connectivity index (χ0n) is 23.3. The van der Waals surface area contributed by atoms with Crippen molar-refractivity contribution in [1.82, 2.24) is 0 Å². The molecule has 1 atom stereocenters. The third-order valence-electron chi connectivity index (χ3n) is 5.89. The minimum atomic E-state index is -4.94. The Kier molecular flexibility index (Phi) is 12.1. The summed E-state index contributed by atoms with van der Waals surface area (Å²) >= 11 is 0. The van der Waals surface area contributed by atoms with E-state index in [2.05, 4.69) is 0 Å². The van der Waals surface area contributed by atoms with E-state index in [1.807, 2.05) is 54.6 Å². The fraction of sp³-hybridized carbons (Fsp3) is 0.333. The maximum absolute atomic E-state index is 11.0.